The fourth-order valence-electron chi connectivity index (χ4n) is 1.93. The first-order valence-electron chi connectivity index (χ1n) is 5.01. The molecule has 2 amide bonds. The molecule has 0 unspecified atom stereocenters. The summed E-state index contributed by atoms with van der Waals surface area (Å²) in [7, 11) is 1.47. The number of halogens is 1. The van der Waals surface area contributed by atoms with Crippen molar-refractivity contribution in [3.05, 3.63) is 28.4 Å². The maximum atomic E-state index is 11.7. The number of amides is 2. The van der Waals surface area contributed by atoms with Gasteiger partial charge in [-0.05, 0) is 12.1 Å². The second kappa shape index (κ2) is 3.64. The summed E-state index contributed by atoms with van der Waals surface area (Å²) < 4.78 is 5.08. The summed E-state index contributed by atoms with van der Waals surface area (Å²) in [6.07, 6.45) is 0. The fraction of sp³-hybridized carbons (Fsp3) is 0.0909. The number of nitrogens with zero attached hydrogens (tertiary/aromatic N) is 2. The van der Waals surface area contributed by atoms with Gasteiger partial charge in [0.2, 0.25) is 0 Å². The Morgan fingerprint density at radius 1 is 1.22 bits per heavy atom. The molecule has 0 spiro atoms. The van der Waals surface area contributed by atoms with E-state index in [2.05, 4.69) is 15.2 Å². The van der Waals surface area contributed by atoms with Gasteiger partial charge < -0.3 is 9.72 Å². The van der Waals surface area contributed by atoms with E-state index >= 15 is 0 Å². The van der Waals surface area contributed by atoms with Crippen molar-refractivity contribution in [1.29, 1.82) is 0 Å². The van der Waals surface area contributed by atoms with E-state index in [1.54, 1.807) is 12.1 Å². The third kappa shape index (κ3) is 1.36. The fourth-order valence-corrected chi connectivity index (χ4v) is 2.17. The highest BCUT2D eigenvalue weighted by molar-refractivity contribution is 6.33. The Morgan fingerprint density at radius 3 is 2.67 bits per heavy atom. The van der Waals surface area contributed by atoms with Crippen molar-refractivity contribution in [3.63, 3.8) is 0 Å². The number of aromatic amines is 1. The summed E-state index contributed by atoms with van der Waals surface area (Å²) in [5, 5.41) is 7.48. The molecule has 0 fully saturated rings. The molecule has 1 N–H and O–H groups in total. The predicted octanol–water partition coefficient (Wildman–Crippen LogP) is 2.58. The molecule has 1 aliphatic rings. The van der Waals surface area contributed by atoms with Crippen molar-refractivity contribution >= 4 is 34.3 Å². The molecule has 2 heterocycles. The molecule has 0 atom stereocenters. The van der Waals surface area contributed by atoms with Crippen LogP contribution in [0.3, 0.4) is 0 Å². The van der Waals surface area contributed by atoms with Crippen LogP contribution in [0.1, 0.15) is 20.8 Å². The number of carbonyl (C=O) groups is 2. The molecule has 6 nitrogen and oxygen atoms in total. The number of hydrogen-bond donors (Lipinski definition) is 1. The minimum absolute atomic E-state index is 0.134. The third-order valence-corrected chi connectivity index (χ3v) is 3.03. The average Bonchev–Trinajstić information content (AvgIpc) is 2.72. The SMILES string of the molecule is COc1cc2c3c([nH]c2cc1Cl)C(=O)N=NC3=O. The van der Waals surface area contributed by atoms with Crippen LogP contribution in [-0.4, -0.2) is 23.9 Å². The van der Waals surface area contributed by atoms with Crippen LogP contribution in [0.25, 0.3) is 10.9 Å². The molecular weight excluding hydrogens is 258 g/mol. The number of methoxy groups -OCH3 is 1. The number of azo groups is 1. The number of fused-ring (bicyclic) bond motifs is 3. The van der Waals surface area contributed by atoms with Crippen LogP contribution < -0.4 is 4.74 Å². The lowest BCUT2D eigenvalue weighted by Crippen LogP contribution is -2.09. The molecule has 1 aliphatic heterocycles. The van der Waals surface area contributed by atoms with Gasteiger partial charge in [-0.1, -0.05) is 11.6 Å². The molecule has 1 aromatic carbocycles. The zero-order chi connectivity index (χ0) is 12.9. The number of ether oxygens (including phenoxy) is 1. The molecule has 1 aromatic heterocycles. The molecule has 0 aliphatic carbocycles. The Hall–Kier alpha value is -2.21. The van der Waals surface area contributed by atoms with Crippen LogP contribution in [-0.2, 0) is 0 Å². The molecule has 7 heteroatoms. The van der Waals surface area contributed by atoms with Gasteiger partial charge in [0.25, 0.3) is 5.91 Å². The van der Waals surface area contributed by atoms with E-state index < -0.39 is 11.8 Å². The lowest BCUT2D eigenvalue weighted by atomic mass is 10.1. The lowest BCUT2D eigenvalue weighted by Gasteiger charge is -2.03. The standard InChI is InChI=1S/C11H6ClN3O3/c1-18-7-2-4-6(3-5(7)12)13-9-8(4)10(16)14-15-11(9)17/h2-3,13H,1H3. The lowest BCUT2D eigenvalue weighted by molar-refractivity contribution is 0.0919. The zero-order valence-corrected chi connectivity index (χ0v) is 9.91. The summed E-state index contributed by atoms with van der Waals surface area (Å²) in [5.41, 5.74) is 0.911. The Morgan fingerprint density at radius 2 is 1.94 bits per heavy atom. The maximum absolute atomic E-state index is 11.7. The highest BCUT2D eigenvalue weighted by Crippen LogP contribution is 2.34. The van der Waals surface area contributed by atoms with Gasteiger partial charge in [-0.25, -0.2) is 0 Å². The number of rotatable bonds is 1. The van der Waals surface area contributed by atoms with E-state index in [1.165, 1.54) is 7.11 Å². The van der Waals surface area contributed by atoms with E-state index in [4.69, 9.17) is 16.3 Å². The van der Waals surface area contributed by atoms with Crippen molar-refractivity contribution in [3.8, 4) is 5.75 Å². The highest BCUT2D eigenvalue weighted by Gasteiger charge is 2.27. The van der Waals surface area contributed by atoms with Gasteiger partial charge in [-0.2, -0.15) is 0 Å². The number of nitrogens with one attached hydrogen (secondary N) is 1. The van der Waals surface area contributed by atoms with Crippen LogP contribution in [0, 0.1) is 0 Å². The first-order valence-corrected chi connectivity index (χ1v) is 5.39. The predicted molar refractivity (Wildman–Crippen MR) is 63.4 cm³/mol. The molecule has 0 saturated heterocycles. The largest absolute Gasteiger partial charge is 0.495 e. The third-order valence-electron chi connectivity index (χ3n) is 2.73. The summed E-state index contributed by atoms with van der Waals surface area (Å²) in [6.45, 7) is 0. The second-order valence-corrected chi connectivity index (χ2v) is 4.12. The zero-order valence-electron chi connectivity index (χ0n) is 9.15. The number of hydrogen-bond acceptors (Lipinski definition) is 3. The molecule has 3 rings (SSSR count). The molecule has 90 valence electrons. The monoisotopic (exact) mass is 263 g/mol. The van der Waals surface area contributed by atoms with Crippen molar-refractivity contribution in [1.82, 2.24) is 4.98 Å². The first kappa shape index (κ1) is 10.9. The quantitative estimate of drug-likeness (QED) is 0.858. The maximum Gasteiger partial charge on any atom is 0.312 e. The Balaban J connectivity index is 2.40. The summed E-state index contributed by atoms with van der Waals surface area (Å²) in [5.74, 6) is -0.704. The molecule has 0 radical (unpaired) electrons. The van der Waals surface area contributed by atoms with Gasteiger partial charge in [0.05, 0.1) is 17.7 Å². The number of carbonyl (C=O) groups excluding carboxylic acids is 2. The van der Waals surface area contributed by atoms with Crippen molar-refractivity contribution < 1.29 is 14.3 Å². The van der Waals surface area contributed by atoms with Crippen molar-refractivity contribution in [2.45, 2.75) is 0 Å². The second-order valence-electron chi connectivity index (χ2n) is 3.72. The van der Waals surface area contributed by atoms with Crippen LogP contribution in [0.15, 0.2) is 22.4 Å². The summed E-state index contributed by atoms with van der Waals surface area (Å²) >= 11 is 5.98. The molecule has 18 heavy (non-hydrogen) atoms. The number of H-pyrrole nitrogens is 1. The highest BCUT2D eigenvalue weighted by atomic mass is 35.5. The van der Waals surface area contributed by atoms with E-state index in [0.29, 0.717) is 21.7 Å². The molecule has 0 saturated carbocycles. The van der Waals surface area contributed by atoms with E-state index in [0.717, 1.165) is 0 Å². The smallest absolute Gasteiger partial charge is 0.312 e. The Kier molecular flexibility index (Phi) is 2.21. The van der Waals surface area contributed by atoms with E-state index in [-0.39, 0.29) is 11.3 Å². The van der Waals surface area contributed by atoms with Crippen LogP contribution >= 0.6 is 11.6 Å². The normalized spacial score (nSPS) is 14.1. The van der Waals surface area contributed by atoms with E-state index in [9.17, 15) is 9.59 Å². The minimum Gasteiger partial charge on any atom is -0.495 e. The summed E-state index contributed by atoms with van der Waals surface area (Å²) in [4.78, 5) is 26.0. The van der Waals surface area contributed by atoms with Gasteiger partial charge in [-0.15, -0.1) is 10.2 Å². The van der Waals surface area contributed by atoms with Gasteiger partial charge >= 0.3 is 5.91 Å². The van der Waals surface area contributed by atoms with Crippen LogP contribution in [0.2, 0.25) is 5.02 Å². The Bertz CT molecular complexity index is 733. The van der Waals surface area contributed by atoms with Gasteiger partial charge in [0, 0.05) is 10.9 Å². The van der Waals surface area contributed by atoms with Gasteiger partial charge in [-0.3, -0.25) is 9.59 Å². The topological polar surface area (TPSA) is 83.9 Å². The molecule has 2 aromatic rings. The number of aromatic nitrogens is 1. The van der Waals surface area contributed by atoms with Crippen LogP contribution in [0.5, 0.6) is 5.75 Å². The van der Waals surface area contributed by atoms with Gasteiger partial charge in [0.1, 0.15) is 11.4 Å². The summed E-state index contributed by atoms with van der Waals surface area (Å²) in [6, 6.07) is 3.19. The first-order chi connectivity index (χ1) is 8.61. The van der Waals surface area contributed by atoms with Crippen LogP contribution in [0.4, 0.5) is 0 Å². The van der Waals surface area contributed by atoms with E-state index in [1.807, 2.05) is 0 Å². The average molecular weight is 264 g/mol. The van der Waals surface area contributed by atoms with Gasteiger partial charge in [0.15, 0.2) is 0 Å². The Labute approximate surface area is 106 Å². The minimum atomic E-state index is -0.573. The number of benzene rings is 1. The molecule has 0 bridgehead atoms. The van der Waals surface area contributed by atoms with Crippen molar-refractivity contribution in [2.24, 2.45) is 10.2 Å². The molecular formula is C11H6ClN3O3. The van der Waals surface area contributed by atoms with Crippen molar-refractivity contribution in [2.75, 3.05) is 7.11 Å².